The summed E-state index contributed by atoms with van der Waals surface area (Å²) < 4.78 is 5.50. The van der Waals surface area contributed by atoms with Crippen molar-refractivity contribution < 1.29 is 4.74 Å². The first-order valence-electron chi connectivity index (χ1n) is 7.72. The molecule has 0 saturated heterocycles. The second-order valence-electron chi connectivity index (χ2n) is 6.01. The molecule has 2 aromatic rings. The Morgan fingerprint density at radius 3 is 2.04 bits per heavy atom. The second kappa shape index (κ2) is 7.76. The van der Waals surface area contributed by atoms with Crippen LogP contribution in [0.25, 0.3) is 0 Å². The normalized spacial score (nSPS) is 10.4. The first kappa shape index (κ1) is 18.4. The largest absolute Gasteiger partial charge is 0.490 e. The molecule has 0 fully saturated rings. The van der Waals surface area contributed by atoms with Crippen LogP contribution in [-0.2, 0) is 5.41 Å². The molecule has 0 bridgehead atoms. The molecule has 0 aliphatic heterocycles. The number of rotatable bonds is 5. The maximum atomic E-state index is 9.47. The summed E-state index contributed by atoms with van der Waals surface area (Å²) >= 11 is 5.65. The molecule has 0 amide bonds. The van der Waals surface area contributed by atoms with Crippen molar-refractivity contribution in [2.75, 3.05) is 12.5 Å². The Labute approximate surface area is 153 Å². The van der Waals surface area contributed by atoms with E-state index in [0.29, 0.717) is 11.1 Å². The van der Waals surface area contributed by atoms with Crippen LogP contribution in [0.3, 0.4) is 0 Å². The zero-order chi connectivity index (χ0) is 18.4. The zero-order valence-corrected chi connectivity index (χ0v) is 14.9. The lowest BCUT2D eigenvalue weighted by Gasteiger charge is -2.27. The molecule has 25 heavy (non-hydrogen) atoms. The lowest BCUT2D eigenvalue weighted by molar-refractivity contribution is 0.340. The van der Waals surface area contributed by atoms with Crippen LogP contribution < -0.4 is 4.74 Å². The minimum Gasteiger partial charge on any atom is -0.490 e. The van der Waals surface area contributed by atoms with Gasteiger partial charge in [-0.15, -0.1) is 18.0 Å². The number of halogens is 1. The van der Waals surface area contributed by atoms with Gasteiger partial charge in [-0.3, -0.25) is 0 Å². The lowest BCUT2D eigenvalue weighted by Crippen LogP contribution is -2.19. The maximum Gasteiger partial charge on any atom is 0.154 e. The van der Waals surface area contributed by atoms with Gasteiger partial charge in [0.25, 0.3) is 0 Å². The molecule has 0 N–H and O–H groups in total. The van der Waals surface area contributed by atoms with Gasteiger partial charge in [-0.2, -0.15) is 10.5 Å². The number of hydrogen-bond acceptors (Lipinski definition) is 3. The highest BCUT2D eigenvalue weighted by Gasteiger charge is 2.26. The number of terminal acetylenes is 1. The predicted octanol–water partition coefficient (Wildman–Crippen LogP) is 4.35. The molecule has 0 heterocycles. The number of alkyl halides is 1. The van der Waals surface area contributed by atoms with Crippen LogP contribution in [0, 0.1) is 35.0 Å². The number of benzene rings is 2. The summed E-state index contributed by atoms with van der Waals surface area (Å²) in [7, 11) is 0. The lowest BCUT2D eigenvalue weighted by atomic mass is 9.77. The summed E-state index contributed by atoms with van der Waals surface area (Å²) in [6.07, 6.45) is 5.41. The third kappa shape index (κ3) is 3.77. The summed E-state index contributed by atoms with van der Waals surface area (Å²) in [5.41, 5.74) is 2.94. The Morgan fingerprint density at radius 2 is 1.60 bits per heavy atom. The molecule has 124 valence electrons. The average molecular weight is 349 g/mol. The third-order valence-electron chi connectivity index (χ3n) is 4.15. The van der Waals surface area contributed by atoms with E-state index in [0.717, 1.165) is 16.7 Å². The molecular weight excluding hydrogens is 332 g/mol. The van der Waals surface area contributed by atoms with Crippen LogP contribution in [0.15, 0.2) is 36.4 Å². The Balaban J connectivity index is 2.56. The fraction of sp³-hybridized carbons (Fsp3) is 0.238. The molecule has 3 nitrogen and oxygen atoms in total. The van der Waals surface area contributed by atoms with Crippen LogP contribution in [0.5, 0.6) is 5.75 Å². The zero-order valence-electron chi connectivity index (χ0n) is 14.1. The number of ether oxygens (including phenoxy) is 1. The van der Waals surface area contributed by atoms with E-state index in [4.69, 9.17) is 22.8 Å². The van der Waals surface area contributed by atoms with E-state index < -0.39 is 5.41 Å². The Bertz CT molecular complexity index is 858. The fourth-order valence-corrected chi connectivity index (χ4v) is 2.68. The molecule has 4 heteroatoms. The van der Waals surface area contributed by atoms with Gasteiger partial charge in [-0.25, -0.2) is 0 Å². The van der Waals surface area contributed by atoms with Crippen molar-refractivity contribution in [3.8, 4) is 30.2 Å². The van der Waals surface area contributed by atoms with E-state index in [2.05, 4.69) is 18.1 Å². The van der Waals surface area contributed by atoms with Crippen LogP contribution in [0.4, 0.5) is 0 Å². The summed E-state index contributed by atoms with van der Waals surface area (Å²) in [4.78, 5) is 0. The van der Waals surface area contributed by atoms with Gasteiger partial charge in [0.1, 0.15) is 18.7 Å². The topological polar surface area (TPSA) is 56.8 Å². The quantitative estimate of drug-likeness (QED) is 0.596. The van der Waals surface area contributed by atoms with Gasteiger partial charge in [0.15, 0.2) is 5.75 Å². The van der Waals surface area contributed by atoms with Crippen molar-refractivity contribution in [2.45, 2.75) is 19.3 Å². The van der Waals surface area contributed by atoms with E-state index in [1.165, 1.54) is 0 Å². The predicted molar refractivity (Wildman–Crippen MR) is 98.6 cm³/mol. The second-order valence-corrected chi connectivity index (χ2v) is 6.39. The minimum absolute atomic E-state index is 0.237. The Morgan fingerprint density at radius 1 is 1.04 bits per heavy atom. The highest BCUT2D eigenvalue weighted by atomic mass is 35.5. The Kier molecular flexibility index (Phi) is 5.71. The van der Waals surface area contributed by atoms with Gasteiger partial charge in [0.2, 0.25) is 0 Å². The van der Waals surface area contributed by atoms with Gasteiger partial charge in [-0.05, 0) is 35.4 Å². The van der Waals surface area contributed by atoms with Crippen LogP contribution in [-0.4, -0.2) is 12.5 Å². The molecule has 0 atom stereocenters. The number of nitriles is 2. The molecule has 0 spiro atoms. The van der Waals surface area contributed by atoms with Gasteiger partial charge in [0, 0.05) is 11.0 Å². The third-order valence-corrected chi connectivity index (χ3v) is 4.30. The number of nitrogens with zero attached hydrogens (tertiary/aromatic N) is 2. The smallest absolute Gasteiger partial charge is 0.154 e. The maximum absolute atomic E-state index is 9.47. The summed E-state index contributed by atoms with van der Waals surface area (Å²) in [5.74, 6) is 3.16. The fourth-order valence-electron chi connectivity index (χ4n) is 2.60. The SMILES string of the molecule is C#Cc1ccc(C(C)(C)c2cc(C#N)c(OCCCl)c(C#N)c2)cc1. The van der Waals surface area contributed by atoms with E-state index in [-0.39, 0.29) is 18.2 Å². The van der Waals surface area contributed by atoms with Crippen molar-refractivity contribution in [2.24, 2.45) is 0 Å². The van der Waals surface area contributed by atoms with Crippen LogP contribution >= 0.6 is 11.6 Å². The monoisotopic (exact) mass is 348 g/mol. The Hall–Kier alpha value is -2.93. The molecular formula is C21H17ClN2O. The highest BCUT2D eigenvalue weighted by Crippen LogP contribution is 2.36. The van der Waals surface area contributed by atoms with Crippen molar-refractivity contribution in [3.63, 3.8) is 0 Å². The van der Waals surface area contributed by atoms with Crippen molar-refractivity contribution >= 4 is 11.6 Å². The van der Waals surface area contributed by atoms with E-state index in [9.17, 15) is 10.5 Å². The van der Waals surface area contributed by atoms with Gasteiger partial charge >= 0.3 is 0 Å². The summed E-state index contributed by atoms with van der Waals surface area (Å²) in [6.45, 7) is 4.31. The molecule has 0 radical (unpaired) electrons. The van der Waals surface area contributed by atoms with E-state index in [1.54, 1.807) is 12.1 Å². The van der Waals surface area contributed by atoms with Gasteiger partial charge in [0.05, 0.1) is 17.0 Å². The summed E-state index contributed by atoms with van der Waals surface area (Å²) in [5, 5.41) is 18.9. The molecule has 0 aromatic heterocycles. The highest BCUT2D eigenvalue weighted by molar-refractivity contribution is 6.18. The molecule has 0 saturated carbocycles. The molecule has 0 aliphatic carbocycles. The molecule has 2 rings (SSSR count). The van der Waals surface area contributed by atoms with Crippen molar-refractivity contribution in [3.05, 3.63) is 64.2 Å². The van der Waals surface area contributed by atoms with Crippen molar-refractivity contribution in [1.29, 1.82) is 10.5 Å². The molecule has 2 aromatic carbocycles. The molecule has 0 unspecified atom stereocenters. The van der Waals surface area contributed by atoms with Crippen molar-refractivity contribution in [1.82, 2.24) is 0 Å². The standard InChI is InChI=1S/C21H17ClN2O/c1-4-15-5-7-18(8-6-15)21(2,3)19-11-16(13-23)20(25-10-9-22)17(12-19)14-24/h1,5-8,11-12H,9-10H2,2-3H3. The average Bonchev–Trinajstić information content (AvgIpc) is 2.65. The van der Waals surface area contributed by atoms with Gasteiger partial charge in [-0.1, -0.05) is 31.9 Å². The van der Waals surface area contributed by atoms with E-state index >= 15 is 0 Å². The number of hydrogen-bond donors (Lipinski definition) is 0. The van der Waals surface area contributed by atoms with Crippen LogP contribution in [0.2, 0.25) is 0 Å². The summed E-state index contributed by atoms with van der Waals surface area (Å²) in [6, 6.07) is 15.4. The first-order valence-corrected chi connectivity index (χ1v) is 8.26. The first-order chi connectivity index (χ1) is 12.0. The van der Waals surface area contributed by atoms with E-state index in [1.807, 2.05) is 38.1 Å². The van der Waals surface area contributed by atoms with Crippen LogP contribution in [0.1, 0.15) is 41.7 Å². The van der Waals surface area contributed by atoms with Gasteiger partial charge < -0.3 is 4.74 Å². The molecule has 0 aliphatic rings. The minimum atomic E-state index is -0.407.